The van der Waals surface area contributed by atoms with Gasteiger partial charge in [-0.2, -0.15) is 0 Å². The first-order valence-corrected chi connectivity index (χ1v) is 16.9. The normalized spacial score (nSPS) is 11.2. The number of carbonyl (C=O) groups excluding carboxylic acids is 2. The van der Waals surface area contributed by atoms with Gasteiger partial charge in [0.1, 0.15) is 13.2 Å². The third-order valence-electron chi connectivity index (χ3n) is 6.69. The van der Waals surface area contributed by atoms with Crippen LogP contribution < -0.4 is 0 Å². The van der Waals surface area contributed by atoms with Crippen LogP contribution in [0.5, 0.6) is 0 Å². The maximum Gasteiger partial charge on any atom is 0.305 e. The van der Waals surface area contributed by atoms with Gasteiger partial charge >= 0.3 is 11.9 Å². The Morgan fingerprint density at radius 1 is 0.333 bits per heavy atom. The van der Waals surface area contributed by atoms with Crippen LogP contribution in [-0.4, -0.2) is 91.2 Å². The number of hydrogen-bond acceptors (Lipinski definition) is 9. The molecule has 0 saturated heterocycles. The molecule has 9 heteroatoms. The molecule has 0 amide bonds. The molecule has 42 heavy (non-hydrogen) atoms. The van der Waals surface area contributed by atoms with E-state index in [0.29, 0.717) is 78.9 Å². The van der Waals surface area contributed by atoms with E-state index in [4.69, 9.17) is 33.2 Å². The lowest BCUT2D eigenvalue weighted by Gasteiger charge is -2.08. The van der Waals surface area contributed by atoms with E-state index >= 15 is 0 Å². The maximum absolute atomic E-state index is 11.8. The molecule has 0 unspecified atom stereocenters. The van der Waals surface area contributed by atoms with Crippen LogP contribution >= 0.6 is 0 Å². The molecule has 0 aromatic carbocycles. The molecule has 0 fully saturated rings. The van der Waals surface area contributed by atoms with E-state index in [1.165, 1.54) is 70.6 Å². The minimum absolute atomic E-state index is 0.136. The maximum atomic E-state index is 11.8. The van der Waals surface area contributed by atoms with Crippen molar-refractivity contribution in [1.82, 2.24) is 0 Å². The van der Waals surface area contributed by atoms with E-state index in [1.54, 1.807) is 0 Å². The van der Waals surface area contributed by atoms with E-state index in [2.05, 4.69) is 13.8 Å². The average Bonchev–Trinajstić information content (AvgIpc) is 2.99. The van der Waals surface area contributed by atoms with Gasteiger partial charge in [0.25, 0.3) is 0 Å². The molecule has 0 aliphatic heterocycles. The Labute approximate surface area is 257 Å². The quantitative estimate of drug-likeness (QED) is 0.0569. The number of ether oxygens (including phenoxy) is 7. The van der Waals surface area contributed by atoms with Gasteiger partial charge in [-0.25, -0.2) is 0 Å². The molecule has 0 saturated carbocycles. The molecule has 0 atom stereocenters. The summed E-state index contributed by atoms with van der Waals surface area (Å²) in [7, 11) is 0. The summed E-state index contributed by atoms with van der Waals surface area (Å²) >= 11 is 0. The molecule has 0 aromatic heterocycles. The minimum Gasteiger partial charge on any atom is -0.463 e. The Bertz CT molecular complexity index is 560. The van der Waals surface area contributed by atoms with Gasteiger partial charge in [-0.05, 0) is 12.8 Å². The van der Waals surface area contributed by atoms with Gasteiger partial charge in [0, 0.05) is 12.8 Å². The predicted octanol–water partition coefficient (Wildman–Crippen LogP) is 6.83. The third kappa shape index (κ3) is 34.9. The zero-order chi connectivity index (χ0) is 30.6. The number of esters is 2. The molecule has 9 nitrogen and oxygen atoms in total. The Hall–Kier alpha value is -1.26. The van der Waals surface area contributed by atoms with Crippen LogP contribution in [-0.2, 0) is 42.7 Å². The van der Waals surface area contributed by atoms with Crippen LogP contribution in [0, 0.1) is 0 Å². The molecule has 0 bridgehead atoms. The van der Waals surface area contributed by atoms with Crippen LogP contribution in [0.2, 0.25) is 0 Å². The summed E-state index contributed by atoms with van der Waals surface area (Å²) in [4.78, 5) is 23.4. The number of unbranched alkanes of at least 4 members (excludes halogenated alkanes) is 13. The average molecular weight is 605 g/mol. The molecule has 0 rings (SSSR count). The lowest BCUT2D eigenvalue weighted by Crippen LogP contribution is -2.15. The third-order valence-corrected chi connectivity index (χ3v) is 6.69. The highest BCUT2D eigenvalue weighted by molar-refractivity contribution is 5.69. The highest BCUT2D eigenvalue weighted by atomic mass is 16.6. The molecule has 0 aliphatic rings. The fourth-order valence-electron chi connectivity index (χ4n) is 4.18. The van der Waals surface area contributed by atoms with Crippen molar-refractivity contribution in [3.63, 3.8) is 0 Å². The fraction of sp³-hybridized carbons (Fsp3) is 0.939. The second-order valence-corrected chi connectivity index (χ2v) is 10.6. The van der Waals surface area contributed by atoms with Crippen LogP contribution in [0.15, 0.2) is 0 Å². The minimum atomic E-state index is -0.142. The fourth-order valence-corrected chi connectivity index (χ4v) is 4.18. The topological polar surface area (TPSA) is 98.8 Å². The number of hydrogen-bond donors (Lipinski definition) is 0. The molecule has 0 aromatic rings. The van der Waals surface area contributed by atoms with Crippen molar-refractivity contribution in [2.24, 2.45) is 0 Å². The smallest absolute Gasteiger partial charge is 0.305 e. The van der Waals surface area contributed by atoms with E-state index in [-0.39, 0.29) is 25.2 Å². The molecule has 250 valence electrons. The Morgan fingerprint density at radius 2 is 0.571 bits per heavy atom. The van der Waals surface area contributed by atoms with Crippen LogP contribution in [0.25, 0.3) is 0 Å². The Kier molecular flexibility index (Phi) is 34.9. The molecule has 0 aliphatic carbocycles. The van der Waals surface area contributed by atoms with E-state index in [1.807, 2.05) is 0 Å². The molecular weight excluding hydrogens is 540 g/mol. The van der Waals surface area contributed by atoms with Gasteiger partial charge in [0.2, 0.25) is 0 Å². The first-order valence-electron chi connectivity index (χ1n) is 16.9. The highest BCUT2D eigenvalue weighted by Crippen LogP contribution is 2.11. The van der Waals surface area contributed by atoms with Gasteiger partial charge in [-0.15, -0.1) is 0 Å². The zero-order valence-corrected chi connectivity index (χ0v) is 27.2. The van der Waals surface area contributed by atoms with E-state index < -0.39 is 0 Å². The van der Waals surface area contributed by atoms with Crippen LogP contribution in [0.4, 0.5) is 0 Å². The van der Waals surface area contributed by atoms with Crippen molar-refractivity contribution in [2.75, 3.05) is 79.3 Å². The van der Waals surface area contributed by atoms with Gasteiger partial charge in [-0.1, -0.05) is 97.3 Å². The predicted molar refractivity (Wildman–Crippen MR) is 166 cm³/mol. The summed E-state index contributed by atoms with van der Waals surface area (Å²) in [6.45, 7) is 9.57. The molecule has 0 radical (unpaired) electrons. The first-order chi connectivity index (χ1) is 20.7. The molecule has 0 N–H and O–H groups in total. The van der Waals surface area contributed by atoms with Crippen molar-refractivity contribution < 1.29 is 42.7 Å². The summed E-state index contributed by atoms with van der Waals surface area (Å²) in [6.07, 6.45) is 19.0. The number of rotatable bonds is 35. The standard InChI is InChI=1S/C33H64O9/c1-3-5-7-9-11-12-13-15-17-19-33(35)42-31-29-40-27-25-38-23-21-36-20-22-37-24-26-39-28-30-41-32(34)18-16-14-10-8-6-4-2/h3-31H2,1-2H3. The largest absolute Gasteiger partial charge is 0.463 e. The van der Waals surface area contributed by atoms with Crippen molar-refractivity contribution in [3.8, 4) is 0 Å². The first kappa shape index (κ1) is 40.7. The highest BCUT2D eigenvalue weighted by Gasteiger charge is 2.04. The summed E-state index contributed by atoms with van der Waals surface area (Å²) in [6, 6.07) is 0. The van der Waals surface area contributed by atoms with E-state index in [9.17, 15) is 9.59 Å². The van der Waals surface area contributed by atoms with Gasteiger partial charge in [-0.3, -0.25) is 9.59 Å². The Morgan fingerprint density at radius 3 is 0.857 bits per heavy atom. The summed E-state index contributed by atoms with van der Waals surface area (Å²) in [5.41, 5.74) is 0. The number of carbonyl (C=O) groups is 2. The van der Waals surface area contributed by atoms with Gasteiger partial charge in [0.15, 0.2) is 0 Å². The SMILES string of the molecule is CCCCCCCCCCCC(=O)OCCOCCOCCOCCOCCOCCOC(=O)CCCCCCCC. The van der Waals surface area contributed by atoms with Crippen molar-refractivity contribution in [1.29, 1.82) is 0 Å². The van der Waals surface area contributed by atoms with Crippen LogP contribution in [0.1, 0.15) is 123 Å². The molecular formula is C33H64O9. The summed E-state index contributed by atoms with van der Waals surface area (Å²) in [5.74, 6) is -0.278. The second kappa shape index (κ2) is 35.9. The van der Waals surface area contributed by atoms with Gasteiger partial charge in [0.05, 0.1) is 66.1 Å². The molecule has 0 heterocycles. The zero-order valence-electron chi connectivity index (χ0n) is 27.2. The molecule has 0 spiro atoms. The van der Waals surface area contributed by atoms with Gasteiger partial charge < -0.3 is 33.2 Å². The monoisotopic (exact) mass is 604 g/mol. The lowest BCUT2D eigenvalue weighted by atomic mass is 10.1. The van der Waals surface area contributed by atoms with Crippen molar-refractivity contribution >= 4 is 11.9 Å². The van der Waals surface area contributed by atoms with Crippen LogP contribution in [0.3, 0.4) is 0 Å². The Balaban J connectivity index is 3.18. The second-order valence-electron chi connectivity index (χ2n) is 10.6. The summed E-state index contributed by atoms with van der Waals surface area (Å²) in [5, 5.41) is 0. The van der Waals surface area contributed by atoms with E-state index in [0.717, 1.165) is 25.7 Å². The lowest BCUT2D eigenvalue weighted by molar-refractivity contribution is -0.146. The van der Waals surface area contributed by atoms with Crippen molar-refractivity contribution in [3.05, 3.63) is 0 Å². The van der Waals surface area contributed by atoms with Crippen molar-refractivity contribution in [2.45, 2.75) is 123 Å². The summed E-state index contributed by atoms with van der Waals surface area (Å²) < 4.78 is 37.6.